The van der Waals surface area contributed by atoms with E-state index in [0.717, 1.165) is 37.2 Å². The first kappa shape index (κ1) is 23.6. The summed E-state index contributed by atoms with van der Waals surface area (Å²) in [6.45, 7) is 4.40. The van der Waals surface area contributed by atoms with Crippen LogP contribution < -0.4 is 15.0 Å². The molecule has 0 radical (unpaired) electrons. The minimum Gasteiger partial charge on any atom is -0.479 e. The Morgan fingerprint density at radius 3 is 2.55 bits per heavy atom. The third kappa shape index (κ3) is 5.70. The number of fused-ring (bicyclic) bond motifs is 1. The molecule has 0 saturated heterocycles. The van der Waals surface area contributed by atoms with Gasteiger partial charge in [-0.1, -0.05) is 49.9 Å². The lowest BCUT2D eigenvalue weighted by molar-refractivity contribution is -0.125. The number of hydrogen-bond donors (Lipinski definition) is 1. The molecule has 1 atom stereocenters. The summed E-state index contributed by atoms with van der Waals surface area (Å²) in [6.07, 6.45) is 7.41. The van der Waals surface area contributed by atoms with Gasteiger partial charge in [0.15, 0.2) is 6.10 Å². The molecule has 1 aliphatic carbocycles. The fourth-order valence-electron chi connectivity index (χ4n) is 4.87. The fourth-order valence-corrected chi connectivity index (χ4v) is 5.00. The van der Waals surface area contributed by atoms with Crippen molar-refractivity contribution in [1.82, 2.24) is 0 Å². The van der Waals surface area contributed by atoms with E-state index in [2.05, 4.69) is 12.2 Å². The van der Waals surface area contributed by atoms with Gasteiger partial charge in [-0.2, -0.15) is 0 Å². The van der Waals surface area contributed by atoms with Crippen LogP contribution in [-0.4, -0.2) is 17.9 Å². The largest absolute Gasteiger partial charge is 0.479 e. The monoisotopic (exact) mass is 468 g/mol. The third-order valence-corrected chi connectivity index (χ3v) is 7.12. The molecule has 0 spiro atoms. The molecule has 1 fully saturated rings. The Balaban J connectivity index is 1.46. The Labute approximate surface area is 201 Å². The Morgan fingerprint density at radius 2 is 1.85 bits per heavy atom. The van der Waals surface area contributed by atoms with Crippen LogP contribution in [0, 0.1) is 11.8 Å². The average Bonchev–Trinajstić information content (AvgIpc) is 2.82. The van der Waals surface area contributed by atoms with E-state index >= 15 is 0 Å². The number of nitrogens with one attached hydrogen (secondary N) is 1. The van der Waals surface area contributed by atoms with E-state index in [1.165, 1.54) is 19.3 Å². The van der Waals surface area contributed by atoms with E-state index < -0.39 is 6.10 Å². The maximum absolute atomic E-state index is 12.9. The number of unbranched alkanes of at least 4 members (excludes halogenated alkanes) is 1. The number of ether oxygens (including phenoxy) is 1. The first-order valence-electron chi connectivity index (χ1n) is 12.1. The lowest BCUT2D eigenvalue weighted by Crippen LogP contribution is -2.44. The average molecular weight is 469 g/mol. The summed E-state index contributed by atoms with van der Waals surface area (Å²) in [7, 11) is 0. The third-order valence-electron chi connectivity index (χ3n) is 6.87. The van der Waals surface area contributed by atoms with Crippen molar-refractivity contribution in [3.05, 3.63) is 53.1 Å². The molecule has 2 amide bonds. The molecule has 0 aromatic heterocycles. The normalized spacial score (nSPS) is 22.5. The van der Waals surface area contributed by atoms with Crippen LogP contribution in [0.3, 0.4) is 0 Å². The molecule has 0 bridgehead atoms. The van der Waals surface area contributed by atoms with Gasteiger partial charge in [0.1, 0.15) is 5.75 Å². The molecule has 2 aliphatic rings. The van der Waals surface area contributed by atoms with Gasteiger partial charge in [0, 0.05) is 16.6 Å². The molecule has 1 N–H and O–H groups in total. The van der Waals surface area contributed by atoms with Crippen LogP contribution in [0.25, 0.3) is 0 Å². The molecule has 6 heteroatoms. The van der Waals surface area contributed by atoms with E-state index in [1.54, 1.807) is 11.8 Å². The van der Waals surface area contributed by atoms with Gasteiger partial charge in [-0.3, -0.25) is 9.59 Å². The summed E-state index contributed by atoms with van der Waals surface area (Å²) in [6, 6.07) is 13.0. The quantitative estimate of drug-likeness (QED) is 0.498. The minimum atomic E-state index is -0.562. The number of halogens is 1. The van der Waals surface area contributed by atoms with Crippen molar-refractivity contribution >= 4 is 34.8 Å². The number of hydrogen-bond acceptors (Lipinski definition) is 3. The highest BCUT2D eigenvalue weighted by Gasteiger charge is 2.32. The van der Waals surface area contributed by atoms with Crippen LogP contribution in [0.5, 0.6) is 5.75 Å². The van der Waals surface area contributed by atoms with E-state index in [-0.39, 0.29) is 17.7 Å². The summed E-state index contributed by atoms with van der Waals surface area (Å²) in [5.74, 6) is 1.44. The molecule has 1 aliphatic heterocycles. The first-order chi connectivity index (χ1) is 15.9. The summed E-state index contributed by atoms with van der Waals surface area (Å²) < 4.78 is 5.83. The predicted molar refractivity (Wildman–Crippen MR) is 133 cm³/mol. The second kappa shape index (κ2) is 10.6. The van der Waals surface area contributed by atoms with Crippen LogP contribution in [0.2, 0.25) is 5.02 Å². The number of carbonyl (C=O) groups excluding carboxylic acids is 2. The van der Waals surface area contributed by atoms with E-state index in [4.69, 9.17) is 16.3 Å². The number of benzene rings is 2. The highest BCUT2D eigenvalue weighted by atomic mass is 35.5. The molecule has 33 heavy (non-hydrogen) atoms. The Morgan fingerprint density at radius 1 is 1.12 bits per heavy atom. The van der Waals surface area contributed by atoms with Crippen LogP contribution in [0.4, 0.5) is 11.4 Å². The van der Waals surface area contributed by atoms with Crippen molar-refractivity contribution in [2.75, 3.05) is 10.2 Å². The molecule has 1 heterocycles. The van der Waals surface area contributed by atoms with E-state index in [1.807, 2.05) is 42.5 Å². The number of rotatable bonds is 7. The molecular weight excluding hydrogens is 436 g/mol. The zero-order chi connectivity index (χ0) is 23.4. The maximum atomic E-state index is 12.9. The van der Waals surface area contributed by atoms with Crippen molar-refractivity contribution < 1.29 is 14.3 Å². The Bertz CT molecular complexity index is 983. The summed E-state index contributed by atoms with van der Waals surface area (Å²) in [5.41, 5.74) is 2.34. The van der Waals surface area contributed by atoms with Crippen molar-refractivity contribution in [3.63, 3.8) is 0 Å². The molecule has 4 rings (SSSR count). The molecule has 2 aromatic carbocycles. The zero-order valence-electron chi connectivity index (χ0n) is 19.5. The van der Waals surface area contributed by atoms with Gasteiger partial charge in [0.25, 0.3) is 5.91 Å². The number of amides is 2. The summed E-state index contributed by atoms with van der Waals surface area (Å²) in [4.78, 5) is 27.6. The highest BCUT2D eigenvalue weighted by molar-refractivity contribution is 6.30. The van der Waals surface area contributed by atoms with Crippen molar-refractivity contribution in [2.24, 2.45) is 11.8 Å². The Kier molecular flexibility index (Phi) is 7.59. The van der Waals surface area contributed by atoms with Gasteiger partial charge in [0.2, 0.25) is 5.91 Å². The topological polar surface area (TPSA) is 58.6 Å². The molecule has 176 valence electrons. The lowest BCUT2D eigenvalue weighted by Gasteiger charge is -2.33. The standard InChI is InChI=1S/C27H33ClN2O3/c1-3-4-5-19-6-10-21(11-7-19)26(31)29-23-14-15-25-24(16-23)30(27(32)18(2)33-25)17-20-8-12-22(28)13-9-20/h8-9,12-16,18-19,21H,3-7,10-11,17H2,1-2H3,(H,29,31). The zero-order valence-corrected chi connectivity index (χ0v) is 20.2. The lowest BCUT2D eigenvalue weighted by atomic mass is 9.79. The maximum Gasteiger partial charge on any atom is 0.268 e. The molecular formula is C27H33ClN2O3. The number of carbonyl (C=O) groups is 2. The molecule has 1 saturated carbocycles. The van der Waals surface area contributed by atoms with Crippen LogP contribution in [0.15, 0.2) is 42.5 Å². The smallest absolute Gasteiger partial charge is 0.268 e. The minimum absolute atomic E-state index is 0.0574. The number of nitrogens with zero attached hydrogens (tertiary/aromatic N) is 1. The van der Waals surface area contributed by atoms with Crippen LogP contribution in [-0.2, 0) is 16.1 Å². The second-order valence-corrected chi connectivity index (χ2v) is 9.78. The van der Waals surface area contributed by atoms with Crippen LogP contribution in [0.1, 0.15) is 64.4 Å². The van der Waals surface area contributed by atoms with Gasteiger partial charge >= 0.3 is 0 Å². The fraction of sp³-hybridized carbons (Fsp3) is 0.481. The Hall–Kier alpha value is -2.53. The van der Waals surface area contributed by atoms with Gasteiger partial charge in [-0.15, -0.1) is 0 Å². The van der Waals surface area contributed by atoms with Crippen molar-refractivity contribution in [3.8, 4) is 5.75 Å². The SMILES string of the molecule is CCCCC1CCC(C(=O)Nc2ccc3c(c2)N(Cc2ccc(Cl)cc2)C(=O)C(C)O3)CC1. The van der Waals surface area contributed by atoms with Gasteiger partial charge in [-0.25, -0.2) is 0 Å². The van der Waals surface area contributed by atoms with Crippen molar-refractivity contribution in [2.45, 2.75) is 71.4 Å². The number of anilines is 2. The first-order valence-corrected chi connectivity index (χ1v) is 12.5. The van der Waals surface area contributed by atoms with Crippen molar-refractivity contribution in [1.29, 1.82) is 0 Å². The van der Waals surface area contributed by atoms with Gasteiger partial charge in [-0.05, 0) is 74.4 Å². The summed E-state index contributed by atoms with van der Waals surface area (Å²) >= 11 is 6.01. The summed E-state index contributed by atoms with van der Waals surface area (Å²) in [5, 5.41) is 3.75. The second-order valence-electron chi connectivity index (χ2n) is 9.34. The molecule has 2 aromatic rings. The van der Waals surface area contributed by atoms with Gasteiger partial charge in [0.05, 0.1) is 12.2 Å². The van der Waals surface area contributed by atoms with E-state index in [0.29, 0.717) is 28.7 Å². The van der Waals surface area contributed by atoms with Gasteiger partial charge < -0.3 is 15.0 Å². The highest BCUT2D eigenvalue weighted by Crippen LogP contribution is 2.38. The molecule has 5 nitrogen and oxygen atoms in total. The predicted octanol–water partition coefficient (Wildman–Crippen LogP) is 6.59. The van der Waals surface area contributed by atoms with E-state index in [9.17, 15) is 9.59 Å². The van der Waals surface area contributed by atoms with Crippen LogP contribution >= 0.6 is 11.6 Å². The molecule has 1 unspecified atom stereocenters.